The van der Waals surface area contributed by atoms with Crippen LogP contribution in [0.25, 0.3) is 11.2 Å². The molecule has 2 aromatic heterocycles. The Hall–Kier alpha value is -2.92. The largest absolute Gasteiger partial charge is 0.495 e. The van der Waals surface area contributed by atoms with Gasteiger partial charge in [-0.3, -0.25) is 4.98 Å². The third-order valence-corrected chi connectivity index (χ3v) is 8.45. The van der Waals surface area contributed by atoms with E-state index in [-0.39, 0.29) is 0 Å². The number of hydrogen-bond acceptors (Lipinski definition) is 7. The maximum absolute atomic E-state index is 11.8. The van der Waals surface area contributed by atoms with Crippen LogP contribution >= 0.6 is 0 Å². The number of sulfonamides is 1. The van der Waals surface area contributed by atoms with Crippen molar-refractivity contribution in [1.29, 1.82) is 0 Å². The van der Waals surface area contributed by atoms with Gasteiger partial charge in [0.1, 0.15) is 5.75 Å². The van der Waals surface area contributed by atoms with Crippen molar-refractivity contribution in [2.24, 2.45) is 0 Å². The highest BCUT2D eigenvalue weighted by Gasteiger charge is 2.27. The van der Waals surface area contributed by atoms with Crippen molar-refractivity contribution in [3.8, 4) is 5.75 Å². The first-order valence-electron chi connectivity index (χ1n) is 12.3. The van der Waals surface area contributed by atoms with Crippen molar-refractivity contribution >= 4 is 38.6 Å². The second-order valence-electron chi connectivity index (χ2n) is 9.55. The van der Waals surface area contributed by atoms with Crippen molar-refractivity contribution in [1.82, 2.24) is 19.3 Å². The Bertz CT molecular complexity index is 1280. The van der Waals surface area contributed by atoms with Gasteiger partial charge in [-0.2, -0.15) is 4.98 Å². The first kappa shape index (κ1) is 23.8. The second-order valence-corrected chi connectivity index (χ2v) is 11.5. The lowest BCUT2D eigenvalue weighted by molar-refractivity contribution is -0.347. The van der Waals surface area contributed by atoms with Gasteiger partial charge in [-0.05, 0) is 49.3 Å². The van der Waals surface area contributed by atoms with Crippen molar-refractivity contribution < 1.29 is 18.1 Å². The van der Waals surface area contributed by atoms with Gasteiger partial charge in [0.2, 0.25) is 15.5 Å². The molecule has 35 heavy (non-hydrogen) atoms. The number of hydrogen-bond donors (Lipinski definition) is 3. The molecule has 0 unspecified atom stereocenters. The first-order chi connectivity index (χ1) is 16.9. The highest BCUT2D eigenvalue weighted by molar-refractivity contribution is 7.88. The van der Waals surface area contributed by atoms with Crippen LogP contribution in [0.4, 0.5) is 17.5 Å². The molecule has 4 N–H and O–H groups in total. The summed E-state index contributed by atoms with van der Waals surface area (Å²) >= 11 is 0. The van der Waals surface area contributed by atoms with Gasteiger partial charge in [-0.1, -0.05) is 30.3 Å². The van der Waals surface area contributed by atoms with Crippen LogP contribution in [-0.2, 0) is 10.0 Å². The van der Waals surface area contributed by atoms with Crippen LogP contribution in [0.5, 0.6) is 5.75 Å². The second kappa shape index (κ2) is 9.98. The number of aromatic amines is 2. The molecular formula is C24H34N7O3S+. The highest BCUT2D eigenvalue weighted by Crippen LogP contribution is 2.35. The molecule has 1 aliphatic carbocycles. The minimum Gasteiger partial charge on any atom is -0.495 e. The quantitative estimate of drug-likeness (QED) is 0.454. The van der Waals surface area contributed by atoms with Gasteiger partial charge in [-0.25, -0.2) is 17.7 Å². The summed E-state index contributed by atoms with van der Waals surface area (Å²) in [6, 6.07) is 6.51. The van der Waals surface area contributed by atoms with Crippen LogP contribution in [0.1, 0.15) is 56.4 Å². The molecule has 2 fully saturated rings. The van der Waals surface area contributed by atoms with Crippen LogP contribution in [0.3, 0.4) is 0 Å². The van der Waals surface area contributed by atoms with Crippen molar-refractivity contribution in [2.75, 3.05) is 37.1 Å². The summed E-state index contributed by atoms with van der Waals surface area (Å²) in [5.74, 6) is 2.28. The van der Waals surface area contributed by atoms with E-state index in [1.807, 2.05) is 12.1 Å². The van der Waals surface area contributed by atoms with Crippen LogP contribution in [0, 0.1) is 0 Å². The number of rotatable bonds is 7. The fourth-order valence-electron chi connectivity index (χ4n) is 5.19. The maximum Gasteiger partial charge on any atom is 0.307 e. The van der Waals surface area contributed by atoms with E-state index in [0.29, 0.717) is 36.7 Å². The number of benzene rings is 1. The topological polar surface area (TPSA) is 126 Å². The number of methoxy groups -OCH3 is 1. The van der Waals surface area contributed by atoms with Gasteiger partial charge in [-0.15, -0.1) is 0 Å². The number of ether oxygens (including phenoxy) is 1. The molecule has 0 bridgehead atoms. The molecule has 0 radical (unpaired) electrons. The molecule has 3 aromatic rings. The Morgan fingerprint density at radius 3 is 2.60 bits per heavy atom. The molecule has 0 amide bonds. The number of fused-ring (bicyclic) bond motifs is 1. The van der Waals surface area contributed by atoms with Gasteiger partial charge in [0.05, 0.1) is 19.1 Å². The third kappa shape index (κ3) is 5.35. The molecule has 5 rings (SSSR count). The monoisotopic (exact) mass is 500 g/mol. The van der Waals surface area contributed by atoms with Crippen molar-refractivity contribution in [2.45, 2.75) is 56.9 Å². The van der Waals surface area contributed by atoms with Gasteiger partial charge in [0.15, 0.2) is 12.1 Å². The number of nitrogens with one attached hydrogen (secondary N) is 4. The van der Waals surface area contributed by atoms with Crippen molar-refractivity contribution in [3.63, 3.8) is 0 Å². The summed E-state index contributed by atoms with van der Waals surface area (Å²) in [7, 11) is -1.49. The summed E-state index contributed by atoms with van der Waals surface area (Å²) in [6.07, 6.45) is 10.7. The number of imidazole rings is 1. The molecule has 0 atom stereocenters. The van der Waals surface area contributed by atoms with Crippen molar-refractivity contribution in [3.05, 3.63) is 30.1 Å². The number of aromatic nitrogens is 4. The number of nitrogens with zero attached hydrogens (tertiary/aromatic N) is 3. The van der Waals surface area contributed by atoms with E-state index in [0.717, 1.165) is 53.9 Å². The zero-order valence-electron chi connectivity index (χ0n) is 20.3. The molecule has 1 saturated carbocycles. The molecule has 1 saturated heterocycles. The molecule has 10 nitrogen and oxygen atoms in total. The predicted molar refractivity (Wildman–Crippen MR) is 136 cm³/mol. The average molecular weight is 501 g/mol. The standard InChI is InChI=1S/C24H33N7O3S/c1-34-20-14-17(16-10-12-31(13-11-16)35(2,32)33)8-9-19(20)28-24-29-22-21(25-15-26-22)23(30-24)27-18-6-4-3-5-7-18/h8-9,14-16,18H,3-7,10-13H2,1-2H3,(H3,25,26,27,28,29,30)/p+1. The molecule has 3 heterocycles. The predicted octanol–water partition coefficient (Wildman–Crippen LogP) is 3.41. The first-order valence-corrected chi connectivity index (χ1v) is 14.2. The zero-order valence-corrected chi connectivity index (χ0v) is 21.1. The van der Waals surface area contributed by atoms with Gasteiger partial charge in [0, 0.05) is 19.1 Å². The van der Waals surface area contributed by atoms with Gasteiger partial charge >= 0.3 is 11.6 Å². The zero-order chi connectivity index (χ0) is 24.4. The SMILES string of the molecule is COc1cc(C2CCN(S(C)(=O)=O)CC2)ccc1Nc1nc(NC2CCCCC2)c2[nH]c[nH+]c2n1. The van der Waals surface area contributed by atoms with Crippen LogP contribution < -0.4 is 20.4 Å². The van der Waals surface area contributed by atoms with Gasteiger partial charge in [0.25, 0.3) is 0 Å². The third-order valence-electron chi connectivity index (χ3n) is 7.15. The maximum atomic E-state index is 11.8. The average Bonchev–Trinajstić information content (AvgIpc) is 3.34. The lowest BCUT2D eigenvalue weighted by Gasteiger charge is -2.30. The van der Waals surface area contributed by atoms with E-state index in [4.69, 9.17) is 9.72 Å². The van der Waals surface area contributed by atoms with E-state index < -0.39 is 10.0 Å². The Kier molecular flexibility index (Phi) is 6.79. The number of H-pyrrole nitrogens is 2. The smallest absolute Gasteiger partial charge is 0.307 e. The Labute approximate surface area is 206 Å². The molecule has 188 valence electrons. The summed E-state index contributed by atoms with van der Waals surface area (Å²) in [5, 5.41) is 6.94. The Morgan fingerprint density at radius 1 is 1.11 bits per heavy atom. The molecular weight excluding hydrogens is 466 g/mol. The van der Waals surface area contributed by atoms with E-state index in [2.05, 4.69) is 31.7 Å². The highest BCUT2D eigenvalue weighted by atomic mass is 32.2. The molecule has 2 aliphatic rings. The van der Waals surface area contributed by atoms with E-state index in [1.54, 1.807) is 17.7 Å². The lowest BCUT2D eigenvalue weighted by atomic mass is 9.90. The van der Waals surface area contributed by atoms with E-state index >= 15 is 0 Å². The minimum atomic E-state index is -3.14. The molecule has 1 aliphatic heterocycles. The normalized spacial score (nSPS) is 18.6. The lowest BCUT2D eigenvalue weighted by Crippen LogP contribution is -2.37. The Balaban J connectivity index is 1.35. The fourth-order valence-corrected chi connectivity index (χ4v) is 6.06. The summed E-state index contributed by atoms with van der Waals surface area (Å²) < 4.78 is 30.9. The molecule has 0 spiro atoms. The fraction of sp³-hybridized carbons (Fsp3) is 0.542. The number of anilines is 3. The molecule has 1 aromatic carbocycles. The minimum absolute atomic E-state index is 0.296. The van der Waals surface area contributed by atoms with E-state index in [1.165, 1.54) is 25.5 Å². The van der Waals surface area contributed by atoms with Crippen LogP contribution in [0.2, 0.25) is 0 Å². The molecule has 11 heteroatoms. The number of piperidine rings is 1. The Morgan fingerprint density at radius 2 is 1.89 bits per heavy atom. The summed E-state index contributed by atoms with van der Waals surface area (Å²) in [4.78, 5) is 15.8. The van der Waals surface area contributed by atoms with E-state index in [9.17, 15) is 8.42 Å². The van der Waals surface area contributed by atoms with Crippen LogP contribution in [0.15, 0.2) is 24.5 Å². The van der Waals surface area contributed by atoms with Gasteiger partial charge < -0.3 is 15.4 Å². The summed E-state index contributed by atoms with van der Waals surface area (Å²) in [5.41, 5.74) is 3.52. The summed E-state index contributed by atoms with van der Waals surface area (Å²) in [6.45, 7) is 1.09. The van der Waals surface area contributed by atoms with Crippen LogP contribution in [-0.4, -0.2) is 60.2 Å².